The van der Waals surface area contributed by atoms with Gasteiger partial charge in [0.05, 0.1) is 11.4 Å². The van der Waals surface area contributed by atoms with Crippen molar-refractivity contribution in [2.75, 3.05) is 5.32 Å². The minimum absolute atomic E-state index is 0.119. The van der Waals surface area contributed by atoms with Gasteiger partial charge in [-0.1, -0.05) is 17.8 Å². The van der Waals surface area contributed by atoms with Crippen molar-refractivity contribution >= 4 is 23.1 Å². The first kappa shape index (κ1) is 10.5. The Balaban J connectivity index is 2.17. The Morgan fingerprint density at radius 2 is 1.65 bits per heavy atom. The summed E-state index contributed by atoms with van der Waals surface area (Å²) < 4.78 is 40.1. The summed E-state index contributed by atoms with van der Waals surface area (Å²) in [4.78, 5) is 1.03. The van der Waals surface area contributed by atoms with Crippen molar-refractivity contribution in [2.45, 2.75) is 9.79 Å². The molecule has 1 nitrogen and oxygen atoms in total. The highest BCUT2D eigenvalue weighted by Gasteiger charge is 2.22. The summed E-state index contributed by atoms with van der Waals surface area (Å²) in [5.74, 6) is -1.82. The number of hydrogen-bond acceptors (Lipinski definition) is 2. The SMILES string of the molecule is Fc1cc(F)c2c(c1)Sc1cccc(F)c1N2. The molecule has 0 unspecified atom stereocenters. The predicted octanol–water partition coefficient (Wildman–Crippen LogP) is 4.31. The van der Waals surface area contributed by atoms with Gasteiger partial charge in [0.2, 0.25) is 0 Å². The summed E-state index contributed by atoms with van der Waals surface area (Å²) in [5, 5.41) is 2.67. The van der Waals surface area contributed by atoms with Crippen molar-refractivity contribution in [1.29, 1.82) is 0 Å². The third-order valence-electron chi connectivity index (χ3n) is 2.46. The van der Waals surface area contributed by atoms with Gasteiger partial charge >= 0.3 is 0 Å². The van der Waals surface area contributed by atoms with E-state index >= 15 is 0 Å². The molecule has 0 saturated heterocycles. The van der Waals surface area contributed by atoms with Gasteiger partial charge in [-0.15, -0.1) is 0 Å². The van der Waals surface area contributed by atoms with E-state index < -0.39 is 17.5 Å². The van der Waals surface area contributed by atoms with Crippen LogP contribution in [0.1, 0.15) is 0 Å². The molecule has 0 aliphatic carbocycles. The van der Waals surface area contributed by atoms with E-state index in [1.165, 1.54) is 12.1 Å². The highest BCUT2D eigenvalue weighted by molar-refractivity contribution is 7.99. The van der Waals surface area contributed by atoms with Crippen molar-refractivity contribution in [3.05, 3.63) is 47.8 Å². The first-order valence-electron chi connectivity index (χ1n) is 4.87. The summed E-state index contributed by atoms with van der Waals surface area (Å²) in [6, 6.07) is 6.55. The molecule has 86 valence electrons. The van der Waals surface area contributed by atoms with Crippen molar-refractivity contribution in [3.63, 3.8) is 0 Å². The van der Waals surface area contributed by atoms with Crippen LogP contribution in [0.4, 0.5) is 24.5 Å². The lowest BCUT2D eigenvalue weighted by atomic mass is 10.2. The third-order valence-corrected chi connectivity index (χ3v) is 3.57. The standard InChI is InChI=1S/C12H6F3NS/c13-6-4-8(15)12-10(5-6)17-9-3-1-2-7(14)11(9)16-12/h1-5,16H. The van der Waals surface area contributed by atoms with Crippen LogP contribution in [0, 0.1) is 17.5 Å². The molecule has 0 fully saturated rings. The number of anilines is 2. The number of hydrogen-bond donors (Lipinski definition) is 1. The Kier molecular flexibility index (Phi) is 2.29. The topological polar surface area (TPSA) is 12.0 Å². The molecule has 0 aromatic heterocycles. The molecule has 0 saturated carbocycles. The fraction of sp³-hybridized carbons (Fsp3) is 0. The maximum absolute atomic E-state index is 13.5. The zero-order valence-corrected chi connectivity index (χ0v) is 9.25. The molecular formula is C12H6F3NS. The van der Waals surface area contributed by atoms with Crippen LogP contribution >= 0.6 is 11.8 Å². The van der Waals surface area contributed by atoms with Gasteiger partial charge < -0.3 is 5.32 Å². The molecule has 1 N–H and O–H groups in total. The number of nitrogens with one attached hydrogen (secondary N) is 1. The Hall–Kier alpha value is -1.62. The number of benzene rings is 2. The smallest absolute Gasteiger partial charge is 0.150 e. The van der Waals surface area contributed by atoms with Gasteiger partial charge in [-0.25, -0.2) is 13.2 Å². The lowest BCUT2D eigenvalue weighted by Gasteiger charge is -2.21. The van der Waals surface area contributed by atoms with E-state index in [0.717, 1.165) is 17.8 Å². The molecule has 5 heteroatoms. The second-order valence-electron chi connectivity index (χ2n) is 3.60. The van der Waals surface area contributed by atoms with Crippen LogP contribution in [0.15, 0.2) is 40.1 Å². The fourth-order valence-corrected chi connectivity index (χ4v) is 2.76. The Labute approximate surface area is 99.7 Å². The van der Waals surface area contributed by atoms with Crippen LogP contribution in [-0.4, -0.2) is 0 Å². The molecule has 1 aliphatic rings. The molecule has 1 heterocycles. The minimum Gasteiger partial charge on any atom is -0.349 e. The molecule has 1 aliphatic heterocycles. The first-order valence-corrected chi connectivity index (χ1v) is 5.69. The van der Waals surface area contributed by atoms with E-state index in [4.69, 9.17) is 0 Å². The molecule has 0 spiro atoms. The van der Waals surface area contributed by atoms with Gasteiger partial charge in [-0.05, 0) is 18.2 Å². The Morgan fingerprint density at radius 1 is 0.882 bits per heavy atom. The van der Waals surface area contributed by atoms with Gasteiger partial charge in [-0.3, -0.25) is 0 Å². The average Bonchev–Trinajstić information content (AvgIpc) is 2.27. The zero-order valence-electron chi connectivity index (χ0n) is 8.43. The second-order valence-corrected chi connectivity index (χ2v) is 4.68. The van der Waals surface area contributed by atoms with Gasteiger partial charge in [0, 0.05) is 15.9 Å². The molecule has 0 amide bonds. The van der Waals surface area contributed by atoms with Gasteiger partial charge in [-0.2, -0.15) is 0 Å². The number of rotatable bonds is 0. The lowest BCUT2D eigenvalue weighted by molar-refractivity contribution is 0.579. The maximum Gasteiger partial charge on any atom is 0.150 e. The minimum atomic E-state index is -0.721. The van der Waals surface area contributed by atoms with E-state index in [1.54, 1.807) is 12.1 Å². The van der Waals surface area contributed by atoms with E-state index in [0.29, 0.717) is 9.79 Å². The average molecular weight is 253 g/mol. The highest BCUT2D eigenvalue weighted by Crippen LogP contribution is 2.46. The van der Waals surface area contributed by atoms with Crippen molar-refractivity contribution < 1.29 is 13.2 Å². The van der Waals surface area contributed by atoms with Crippen LogP contribution in [0.5, 0.6) is 0 Å². The largest absolute Gasteiger partial charge is 0.349 e. The first-order chi connectivity index (χ1) is 8.15. The molecule has 0 atom stereocenters. The van der Waals surface area contributed by atoms with E-state index in [-0.39, 0.29) is 11.4 Å². The van der Waals surface area contributed by atoms with Crippen LogP contribution in [0.2, 0.25) is 0 Å². The predicted molar refractivity (Wildman–Crippen MR) is 60.2 cm³/mol. The zero-order chi connectivity index (χ0) is 12.0. The number of fused-ring (bicyclic) bond motifs is 2. The molecule has 0 radical (unpaired) electrons. The van der Waals surface area contributed by atoms with Crippen molar-refractivity contribution in [3.8, 4) is 0 Å². The molecule has 17 heavy (non-hydrogen) atoms. The van der Waals surface area contributed by atoms with Crippen LogP contribution in [0.3, 0.4) is 0 Å². The van der Waals surface area contributed by atoms with E-state index in [9.17, 15) is 13.2 Å². The van der Waals surface area contributed by atoms with Crippen molar-refractivity contribution in [1.82, 2.24) is 0 Å². The summed E-state index contributed by atoms with van der Waals surface area (Å²) in [6.45, 7) is 0. The monoisotopic (exact) mass is 253 g/mol. The number of para-hydroxylation sites is 1. The molecular weight excluding hydrogens is 247 g/mol. The van der Waals surface area contributed by atoms with Crippen LogP contribution < -0.4 is 5.32 Å². The lowest BCUT2D eigenvalue weighted by Crippen LogP contribution is -2.04. The highest BCUT2D eigenvalue weighted by atomic mass is 32.2. The second kappa shape index (κ2) is 3.70. The third kappa shape index (κ3) is 1.67. The summed E-state index contributed by atoms with van der Waals surface area (Å²) in [5.41, 5.74) is 0.351. The summed E-state index contributed by atoms with van der Waals surface area (Å²) in [6.07, 6.45) is 0. The molecule has 0 bridgehead atoms. The van der Waals surface area contributed by atoms with Gasteiger partial charge in [0.1, 0.15) is 11.6 Å². The quantitative estimate of drug-likeness (QED) is 0.640. The Morgan fingerprint density at radius 3 is 2.47 bits per heavy atom. The van der Waals surface area contributed by atoms with E-state index in [1.807, 2.05) is 0 Å². The van der Waals surface area contributed by atoms with E-state index in [2.05, 4.69) is 5.32 Å². The Bertz CT molecular complexity index is 613. The van der Waals surface area contributed by atoms with Crippen molar-refractivity contribution in [2.24, 2.45) is 0 Å². The van der Waals surface area contributed by atoms with Crippen LogP contribution in [-0.2, 0) is 0 Å². The summed E-state index contributed by atoms with van der Waals surface area (Å²) in [7, 11) is 0. The molecule has 2 aromatic carbocycles. The number of halogens is 3. The van der Waals surface area contributed by atoms with Gasteiger partial charge in [0.15, 0.2) is 5.82 Å². The molecule has 3 rings (SSSR count). The fourth-order valence-electron chi connectivity index (χ4n) is 1.71. The normalized spacial score (nSPS) is 12.6. The maximum atomic E-state index is 13.5. The van der Waals surface area contributed by atoms with Crippen LogP contribution in [0.25, 0.3) is 0 Å². The summed E-state index contributed by atoms with van der Waals surface area (Å²) >= 11 is 1.14. The molecule has 2 aromatic rings. The van der Waals surface area contributed by atoms with Gasteiger partial charge in [0.25, 0.3) is 0 Å².